The van der Waals surface area contributed by atoms with Gasteiger partial charge in [-0.1, -0.05) is 0 Å². The molecular weight excluding hydrogens is 378 g/mol. The molecule has 1 amide bonds. The van der Waals surface area contributed by atoms with Crippen LogP contribution in [-0.2, 0) is 4.79 Å². The number of aromatic hydroxyl groups is 1. The number of hydrogen-bond donors (Lipinski definition) is 3. The average molecular weight is 392 g/mol. The average Bonchev–Trinajstić information content (AvgIpc) is 3.04. The molecule has 7 nitrogen and oxygen atoms in total. The van der Waals surface area contributed by atoms with Gasteiger partial charge in [0.05, 0.1) is 17.2 Å². The molecule has 24 heavy (non-hydrogen) atoms. The molecule has 1 aliphatic rings. The van der Waals surface area contributed by atoms with Crippen molar-refractivity contribution in [3.8, 4) is 17.2 Å². The van der Waals surface area contributed by atoms with Gasteiger partial charge in [-0.15, -0.1) is 0 Å². The number of nitrogens with zero attached hydrogens (tertiary/aromatic N) is 1. The Morgan fingerprint density at radius 3 is 2.92 bits per heavy atom. The van der Waals surface area contributed by atoms with Gasteiger partial charge in [0.2, 0.25) is 6.79 Å². The molecular formula is C16H14BrN3O4. The lowest BCUT2D eigenvalue weighted by atomic mass is 10.2. The molecule has 1 aliphatic heterocycles. The van der Waals surface area contributed by atoms with Crippen LogP contribution in [0.1, 0.15) is 5.56 Å². The van der Waals surface area contributed by atoms with E-state index in [1.165, 1.54) is 12.3 Å². The highest BCUT2D eigenvalue weighted by Gasteiger charge is 2.13. The summed E-state index contributed by atoms with van der Waals surface area (Å²) < 4.78 is 11.1. The maximum absolute atomic E-state index is 11.8. The maximum Gasteiger partial charge on any atom is 0.259 e. The lowest BCUT2D eigenvalue weighted by molar-refractivity contribution is -0.119. The lowest BCUT2D eigenvalue weighted by Gasteiger charge is -2.06. The van der Waals surface area contributed by atoms with Crippen LogP contribution in [0.25, 0.3) is 0 Å². The zero-order valence-corrected chi connectivity index (χ0v) is 14.0. The summed E-state index contributed by atoms with van der Waals surface area (Å²) in [6.07, 6.45) is 1.49. The van der Waals surface area contributed by atoms with E-state index >= 15 is 0 Å². The van der Waals surface area contributed by atoms with Crippen molar-refractivity contribution < 1.29 is 19.4 Å². The van der Waals surface area contributed by atoms with Crippen LogP contribution < -0.4 is 20.2 Å². The number of nitrogens with one attached hydrogen (secondary N) is 2. The van der Waals surface area contributed by atoms with Gasteiger partial charge in [0, 0.05) is 11.8 Å². The molecule has 0 aliphatic carbocycles. The molecule has 3 N–H and O–H groups in total. The third kappa shape index (κ3) is 3.96. The SMILES string of the molecule is O=C(CNc1ccc2c(c1)OCO2)N/N=C\c1ccc(O)c(Br)c1. The number of fused-ring (bicyclic) bond motifs is 1. The van der Waals surface area contributed by atoms with E-state index in [1.807, 2.05) is 0 Å². The first-order chi connectivity index (χ1) is 11.6. The third-order valence-corrected chi connectivity index (χ3v) is 3.84. The van der Waals surface area contributed by atoms with Gasteiger partial charge in [-0.25, -0.2) is 5.43 Å². The van der Waals surface area contributed by atoms with Crippen molar-refractivity contribution in [1.29, 1.82) is 0 Å². The smallest absolute Gasteiger partial charge is 0.259 e. The Kier molecular flexibility index (Phi) is 4.85. The zero-order chi connectivity index (χ0) is 16.9. The summed E-state index contributed by atoms with van der Waals surface area (Å²) in [6.45, 7) is 0.275. The first kappa shape index (κ1) is 16.1. The van der Waals surface area contributed by atoms with Crippen molar-refractivity contribution in [2.24, 2.45) is 5.10 Å². The quantitative estimate of drug-likeness (QED) is 0.537. The van der Waals surface area contributed by atoms with E-state index in [-0.39, 0.29) is 25.0 Å². The predicted octanol–water partition coefficient (Wildman–Crippen LogP) is 2.45. The Balaban J connectivity index is 1.49. The molecule has 2 aromatic rings. The number of halogens is 1. The number of benzene rings is 2. The maximum atomic E-state index is 11.8. The Morgan fingerprint density at radius 1 is 1.25 bits per heavy atom. The fourth-order valence-electron chi connectivity index (χ4n) is 2.01. The van der Waals surface area contributed by atoms with E-state index in [0.29, 0.717) is 16.0 Å². The summed E-state index contributed by atoms with van der Waals surface area (Å²) in [5, 5.41) is 16.3. The van der Waals surface area contributed by atoms with Crippen LogP contribution in [0.15, 0.2) is 46.0 Å². The van der Waals surface area contributed by atoms with E-state index in [0.717, 1.165) is 11.3 Å². The van der Waals surface area contributed by atoms with Gasteiger partial charge in [0.25, 0.3) is 5.91 Å². The highest BCUT2D eigenvalue weighted by Crippen LogP contribution is 2.34. The summed E-state index contributed by atoms with van der Waals surface area (Å²) in [4.78, 5) is 11.8. The Bertz CT molecular complexity index is 795. The van der Waals surface area contributed by atoms with Crippen LogP contribution >= 0.6 is 15.9 Å². The molecule has 124 valence electrons. The van der Waals surface area contributed by atoms with Crippen molar-refractivity contribution in [2.75, 3.05) is 18.7 Å². The number of anilines is 1. The minimum absolute atomic E-state index is 0.0657. The van der Waals surface area contributed by atoms with Gasteiger partial charge < -0.3 is 19.9 Å². The molecule has 0 unspecified atom stereocenters. The van der Waals surface area contributed by atoms with Crippen molar-refractivity contribution in [1.82, 2.24) is 5.43 Å². The number of phenolic OH excluding ortho intramolecular Hbond substituents is 1. The topological polar surface area (TPSA) is 92.2 Å². The van der Waals surface area contributed by atoms with Crippen molar-refractivity contribution >= 4 is 33.7 Å². The van der Waals surface area contributed by atoms with Gasteiger partial charge >= 0.3 is 0 Å². The second kappa shape index (κ2) is 7.22. The third-order valence-electron chi connectivity index (χ3n) is 3.20. The number of carbonyl (C=O) groups excluding carboxylic acids is 1. The molecule has 8 heteroatoms. The van der Waals surface area contributed by atoms with E-state index in [1.54, 1.807) is 30.3 Å². The van der Waals surface area contributed by atoms with E-state index < -0.39 is 0 Å². The highest BCUT2D eigenvalue weighted by atomic mass is 79.9. The van der Waals surface area contributed by atoms with Crippen LogP contribution in [-0.4, -0.2) is 30.6 Å². The summed E-state index contributed by atoms with van der Waals surface area (Å²) in [5.74, 6) is 1.19. The number of ether oxygens (including phenoxy) is 2. The van der Waals surface area contributed by atoms with Crippen molar-refractivity contribution in [2.45, 2.75) is 0 Å². The monoisotopic (exact) mass is 391 g/mol. The second-order valence-corrected chi connectivity index (χ2v) is 5.78. The molecule has 0 spiro atoms. The van der Waals surface area contributed by atoms with Crippen LogP contribution in [0.3, 0.4) is 0 Å². The van der Waals surface area contributed by atoms with Gasteiger partial charge in [-0.3, -0.25) is 4.79 Å². The van der Waals surface area contributed by atoms with Crippen molar-refractivity contribution in [3.63, 3.8) is 0 Å². The number of carbonyl (C=O) groups is 1. The Labute approximate surface area is 146 Å². The Morgan fingerprint density at radius 2 is 2.08 bits per heavy atom. The largest absolute Gasteiger partial charge is 0.507 e. The van der Waals surface area contributed by atoms with Gasteiger partial charge in [-0.2, -0.15) is 5.10 Å². The number of amides is 1. The molecule has 2 aromatic carbocycles. The van der Waals surface area contributed by atoms with Crippen LogP contribution in [0.4, 0.5) is 5.69 Å². The highest BCUT2D eigenvalue weighted by molar-refractivity contribution is 9.10. The predicted molar refractivity (Wildman–Crippen MR) is 92.6 cm³/mol. The minimum Gasteiger partial charge on any atom is -0.507 e. The molecule has 0 fully saturated rings. The molecule has 0 saturated heterocycles. The number of phenols is 1. The molecule has 0 saturated carbocycles. The number of hydrogen-bond acceptors (Lipinski definition) is 6. The normalized spacial score (nSPS) is 12.4. The summed E-state index contributed by atoms with van der Waals surface area (Å²) in [6, 6.07) is 10.3. The molecule has 0 atom stereocenters. The molecule has 0 bridgehead atoms. The fourth-order valence-corrected chi connectivity index (χ4v) is 2.41. The fraction of sp³-hybridized carbons (Fsp3) is 0.125. The first-order valence-corrected chi connectivity index (χ1v) is 7.85. The number of rotatable bonds is 5. The molecule has 1 heterocycles. The number of hydrazone groups is 1. The summed E-state index contributed by atoms with van der Waals surface area (Å²) in [5.41, 5.74) is 3.91. The Hall–Kier alpha value is -2.74. The molecule has 0 radical (unpaired) electrons. The van der Waals surface area contributed by atoms with Gasteiger partial charge in [-0.05, 0) is 51.8 Å². The first-order valence-electron chi connectivity index (χ1n) is 7.06. The van der Waals surface area contributed by atoms with E-state index in [4.69, 9.17) is 9.47 Å². The van der Waals surface area contributed by atoms with Crippen LogP contribution in [0.5, 0.6) is 17.2 Å². The standard InChI is InChI=1S/C16H14BrN3O4/c17-12-5-10(1-3-13(12)21)7-19-20-16(22)8-18-11-2-4-14-15(6-11)24-9-23-14/h1-7,18,21H,8-9H2,(H,20,22)/b19-7-. The summed E-state index contributed by atoms with van der Waals surface area (Å²) in [7, 11) is 0. The van der Waals surface area contributed by atoms with E-state index in [2.05, 4.69) is 31.8 Å². The second-order valence-electron chi connectivity index (χ2n) is 4.93. The van der Waals surface area contributed by atoms with Gasteiger partial charge in [0.1, 0.15) is 5.75 Å². The van der Waals surface area contributed by atoms with Gasteiger partial charge in [0.15, 0.2) is 11.5 Å². The minimum atomic E-state index is -0.290. The van der Waals surface area contributed by atoms with E-state index in [9.17, 15) is 9.90 Å². The van der Waals surface area contributed by atoms with Crippen LogP contribution in [0, 0.1) is 0 Å². The molecule has 0 aromatic heterocycles. The molecule has 3 rings (SSSR count). The van der Waals surface area contributed by atoms with Crippen LogP contribution in [0.2, 0.25) is 0 Å². The lowest BCUT2D eigenvalue weighted by Crippen LogP contribution is -2.25. The summed E-state index contributed by atoms with van der Waals surface area (Å²) >= 11 is 3.21. The van der Waals surface area contributed by atoms with Crippen molar-refractivity contribution in [3.05, 3.63) is 46.4 Å². The zero-order valence-electron chi connectivity index (χ0n) is 12.5.